The van der Waals surface area contributed by atoms with Crippen molar-refractivity contribution in [1.29, 1.82) is 0 Å². The number of aryl methyl sites for hydroxylation is 1. The molecule has 1 heterocycles. The van der Waals surface area contributed by atoms with Crippen LogP contribution in [0.15, 0.2) is 10.4 Å². The van der Waals surface area contributed by atoms with Crippen LogP contribution in [0, 0.1) is 6.92 Å². The van der Waals surface area contributed by atoms with E-state index in [2.05, 4.69) is 22.3 Å². The van der Waals surface area contributed by atoms with Gasteiger partial charge in [-0.1, -0.05) is 6.92 Å². The van der Waals surface area contributed by atoms with Gasteiger partial charge in [-0.25, -0.2) is 4.98 Å². The highest BCUT2D eigenvalue weighted by Gasteiger charge is 2.10. The Morgan fingerprint density at radius 3 is 2.35 bits per heavy atom. The van der Waals surface area contributed by atoms with E-state index < -0.39 is 0 Å². The van der Waals surface area contributed by atoms with Crippen LogP contribution < -0.4 is 0 Å². The van der Waals surface area contributed by atoms with Crippen molar-refractivity contribution >= 4 is 17.3 Å². The second-order valence-electron chi connectivity index (χ2n) is 4.66. The molecule has 0 N–H and O–H groups in total. The van der Waals surface area contributed by atoms with Crippen molar-refractivity contribution in [3.05, 3.63) is 16.1 Å². The molecule has 0 radical (unpaired) electrons. The van der Waals surface area contributed by atoms with Gasteiger partial charge in [-0.15, -0.1) is 11.3 Å². The first-order valence-electron chi connectivity index (χ1n) is 5.73. The highest BCUT2D eigenvalue weighted by molar-refractivity contribution is 7.09. The quantitative estimate of drug-likeness (QED) is 0.611. The van der Waals surface area contributed by atoms with E-state index in [-0.39, 0.29) is 0 Å². The number of hydrogen-bond acceptors (Lipinski definition) is 3. The molecule has 17 heavy (non-hydrogen) atoms. The van der Waals surface area contributed by atoms with Crippen molar-refractivity contribution in [2.45, 2.75) is 19.8 Å². The van der Waals surface area contributed by atoms with Gasteiger partial charge in [0.1, 0.15) is 0 Å². The normalized spacial score (nSPS) is 12.1. The molecule has 0 fully saturated rings. The molecule has 0 saturated heterocycles. The van der Waals surface area contributed by atoms with E-state index >= 15 is 0 Å². The van der Waals surface area contributed by atoms with Crippen LogP contribution in [0.1, 0.15) is 23.5 Å². The van der Waals surface area contributed by atoms with E-state index in [1.165, 1.54) is 5.01 Å². The third-order valence-corrected chi connectivity index (χ3v) is 3.56. The molecule has 1 atom stereocenters. The molecule has 0 aromatic carbocycles. The van der Waals surface area contributed by atoms with Gasteiger partial charge < -0.3 is 9.80 Å². The Balaban J connectivity index is 2.68. The summed E-state index contributed by atoms with van der Waals surface area (Å²) >= 11 is 1.72. The smallest absolute Gasteiger partial charge is 0.195 e. The number of thiazole rings is 1. The summed E-state index contributed by atoms with van der Waals surface area (Å²) in [6.45, 7) is 4.98. The molecule has 0 spiro atoms. The summed E-state index contributed by atoms with van der Waals surface area (Å²) in [5.41, 5.74) is 1.10. The Morgan fingerprint density at radius 1 is 1.35 bits per heavy atom. The summed E-state index contributed by atoms with van der Waals surface area (Å²) < 4.78 is 0. The summed E-state index contributed by atoms with van der Waals surface area (Å²) in [5, 5.41) is 3.26. The molecule has 1 unspecified atom stereocenters. The van der Waals surface area contributed by atoms with Crippen molar-refractivity contribution < 1.29 is 0 Å². The molecule has 1 aromatic rings. The lowest BCUT2D eigenvalue weighted by Crippen LogP contribution is -2.35. The summed E-state index contributed by atoms with van der Waals surface area (Å²) in [6, 6.07) is 0. The van der Waals surface area contributed by atoms with Crippen LogP contribution in [0.3, 0.4) is 0 Å². The third kappa shape index (κ3) is 4.00. The van der Waals surface area contributed by atoms with Crippen LogP contribution in [0.2, 0.25) is 0 Å². The highest BCUT2D eigenvalue weighted by atomic mass is 32.1. The topological polar surface area (TPSA) is 31.7 Å². The first-order chi connectivity index (χ1) is 7.91. The molecule has 0 saturated carbocycles. The average molecular weight is 254 g/mol. The van der Waals surface area contributed by atoms with Crippen molar-refractivity contribution in [2.75, 3.05) is 34.7 Å². The maximum Gasteiger partial charge on any atom is 0.195 e. The average Bonchev–Trinajstić information content (AvgIpc) is 2.63. The van der Waals surface area contributed by atoms with Gasteiger partial charge in [-0.05, 0) is 6.92 Å². The summed E-state index contributed by atoms with van der Waals surface area (Å²) in [4.78, 5) is 13.2. The van der Waals surface area contributed by atoms with Crippen LogP contribution in [-0.4, -0.2) is 55.5 Å². The van der Waals surface area contributed by atoms with E-state index in [0.717, 1.165) is 18.2 Å². The molecule has 0 aliphatic rings. The molecule has 5 heteroatoms. The second-order valence-corrected chi connectivity index (χ2v) is 5.55. The van der Waals surface area contributed by atoms with Crippen molar-refractivity contribution in [1.82, 2.24) is 14.8 Å². The Hall–Kier alpha value is -1.10. The Labute approximate surface area is 108 Å². The molecule has 0 amide bonds. The van der Waals surface area contributed by atoms with Crippen LogP contribution in [0.4, 0.5) is 0 Å². The summed E-state index contributed by atoms with van der Waals surface area (Å²) in [5.74, 6) is 1.37. The summed E-state index contributed by atoms with van der Waals surface area (Å²) in [6.07, 6.45) is 0. The van der Waals surface area contributed by atoms with Gasteiger partial charge in [0.15, 0.2) is 5.96 Å². The maximum absolute atomic E-state index is 4.64. The van der Waals surface area contributed by atoms with E-state index in [0.29, 0.717) is 5.92 Å². The molecule has 0 bridgehead atoms. The predicted molar refractivity (Wildman–Crippen MR) is 74.9 cm³/mol. The third-order valence-electron chi connectivity index (χ3n) is 2.36. The van der Waals surface area contributed by atoms with Gasteiger partial charge in [0.05, 0.1) is 11.6 Å². The van der Waals surface area contributed by atoms with E-state index in [1.807, 2.05) is 44.9 Å². The number of aliphatic imine (C=N–C) groups is 1. The minimum atomic E-state index is 0.378. The van der Waals surface area contributed by atoms with Gasteiger partial charge in [-0.3, -0.25) is 4.99 Å². The Morgan fingerprint density at radius 2 is 1.94 bits per heavy atom. The van der Waals surface area contributed by atoms with E-state index in [1.54, 1.807) is 11.3 Å². The lowest BCUT2D eigenvalue weighted by atomic mass is 10.2. The van der Waals surface area contributed by atoms with Crippen LogP contribution in [-0.2, 0) is 0 Å². The van der Waals surface area contributed by atoms with Crippen molar-refractivity contribution in [3.8, 4) is 0 Å². The molecule has 0 aliphatic carbocycles. The summed E-state index contributed by atoms with van der Waals surface area (Å²) in [7, 11) is 8.04. The monoisotopic (exact) mass is 254 g/mol. The Kier molecular flexibility index (Phi) is 4.93. The van der Waals surface area contributed by atoms with Gasteiger partial charge in [0, 0.05) is 45.2 Å². The van der Waals surface area contributed by atoms with Crippen LogP contribution >= 0.6 is 11.3 Å². The van der Waals surface area contributed by atoms with Crippen LogP contribution in [0.25, 0.3) is 0 Å². The number of hydrogen-bond donors (Lipinski definition) is 0. The molecule has 1 rings (SSSR count). The van der Waals surface area contributed by atoms with E-state index in [4.69, 9.17) is 0 Å². The number of guanidine groups is 1. The number of rotatable bonds is 3. The maximum atomic E-state index is 4.64. The van der Waals surface area contributed by atoms with Gasteiger partial charge in [-0.2, -0.15) is 0 Å². The van der Waals surface area contributed by atoms with Crippen molar-refractivity contribution in [3.63, 3.8) is 0 Å². The zero-order valence-electron chi connectivity index (χ0n) is 11.6. The molecule has 4 nitrogen and oxygen atoms in total. The van der Waals surface area contributed by atoms with Crippen LogP contribution in [0.5, 0.6) is 0 Å². The fourth-order valence-electron chi connectivity index (χ4n) is 1.58. The standard InChI is InChI=1S/C12H22N4S/c1-9(11-14-10(2)8-17-11)7-13-12(15(3)4)16(5)6/h8-9H,7H2,1-6H3. The second kappa shape index (κ2) is 6.00. The van der Waals surface area contributed by atoms with Gasteiger partial charge in [0.25, 0.3) is 0 Å². The van der Waals surface area contributed by atoms with Crippen molar-refractivity contribution in [2.24, 2.45) is 4.99 Å². The first kappa shape index (κ1) is 14.0. The first-order valence-corrected chi connectivity index (χ1v) is 6.61. The number of nitrogens with zero attached hydrogens (tertiary/aromatic N) is 4. The zero-order chi connectivity index (χ0) is 13.0. The minimum absolute atomic E-state index is 0.378. The fraction of sp³-hybridized carbons (Fsp3) is 0.667. The molecular formula is C12H22N4S. The molecule has 1 aromatic heterocycles. The fourth-order valence-corrected chi connectivity index (χ4v) is 2.43. The predicted octanol–water partition coefficient (Wildman–Crippen LogP) is 2.03. The Bertz CT molecular complexity index is 372. The van der Waals surface area contributed by atoms with Gasteiger partial charge >= 0.3 is 0 Å². The minimum Gasteiger partial charge on any atom is -0.349 e. The lowest BCUT2D eigenvalue weighted by molar-refractivity contribution is 0.477. The molecular weight excluding hydrogens is 232 g/mol. The lowest BCUT2D eigenvalue weighted by Gasteiger charge is -2.23. The molecule has 0 aliphatic heterocycles. The SMILES string of the molecule is Cc1csc(C(C)CN=C(N(C)C)N(C)C)n1. The molecule has 96 valence electrons. The van der Waals surface area contributed by atoms with Gasteiger partial charge in [0.2, 0.25) is 0 Å². The number of aromatic nitrogens is 1. The zero-order valence-corrected chi connectivity index (χ0v) is 12.4. The highest BCUT2D eigenvalue weighted by Crippen LogP contribution is 2.19. The largest absolute Gasteiger partial charge is 0.349 e. The van der Waals surface area contributed by atoms with E-state index in [9.17, 15) is 0 Å².